The lowest BCUT2D eigenvalue weighted by Gasteiger charge is -2.38. The zero-order chi connectivity index (χ0) is 21.1. The molecule has 0 spiro atoms. The van der Waals surface area contributed by atoms with Gasteiger partial charge in [-0.2, -0.15) is 0 Å². The van der Waals surface area contributed by atoms with Gasteiger partial charge in [-0.1, -0.05) is 37.3 Å². The molecular formula is C25H34ClN3O2. The van der Waals surface area contributed by atoms with Crippen molar-refractivity contribution in [1.82, 2.24) is 10.6 Å². The number of ether oxygens (including phenoxy) is 1. The van der Waals surface area contributed by atoms with E-state index in [1.807, 2.05) is 7.05 Å². The standard InChI is InChI=1S/C25H33N3O2.ClH/c1-4-20-11-12-21(25(27-20)17-8-6-5-7-9-17)26-16-19-14-22-18(15-23(19)30-3)10-13-24(29)28(22)2;/h5-9,14-15,20-21,25-27H,4,10-13,16H2,1-3H3;1H. The summed E-state index contributed by atoms with van der Waals surface area (Å²) in [4.78, 5) is 13.9. The van der Waals surface area contributed by atoms with Crippen LogP contribution in [0.3, 0.4) is 0 Å². The average molecular weight is 444 g/mol. The van der Waals surface area contributed by atoms with Crippen LogP contribution >= 0.6 is 12.4 Å². The summed E-state index contributed by atoms with van der Waals surface area (Å²) in [5.41, 5.74) is 4.62. The molecular weight excluding hydrogens is 410 g/mol. The number of aryl methyl sites for hydroxylation is 1. The number of rotatable bonds is 6. The summed E-state index contributed by atoms with van der Waals surface area (Å²) in [5, 5.41) is 7.64. The van der Waals surface area contributed by atoms with Gasteiger partial charge >= 0.3 is 0 Å². The molecule has 2 aliphatic heterocycles. The van der Waals surface area contributed by atoms with E-state index in [2.05, 4.69) is 60.0 Å². The molecule has 1 amide bonds. The maximum Gasteiger partial charge on any atom is 0.227 e. The minimum atomic E-state index is 0. The van der Waals surface area contributed by atoms with Crippen molar-refractivity contribution in [3.05, 3.63) is 59.2 Å². The molecule has 168 valence electrons. The highest BCUT2D eigenvalue weighted by Crippen LogP contribution is 2.34. The summed E-state index contributed by atoms with van der Waals surface area (Å²) < 4.78 is 5.70. The van der Waals surface area contributed by atoms with E-state index >= 15 is 0 Å². The Balaban J connectivity index is 0.00000272. The minimum absolute atomic E-state index is 0. The van der Waals surface area contributed by atoms with E-state index in [-0.39, 0.29) is 24.4 Å². The number of methoxy groups -OCH3 is 1. The van der Waals surface area contributed by atoms with Gasteiger partial charge in [-0.3, -0.25) is 4.79 Å². The number of nitrogens with zero attached hydrogens (tertiary/aromatic N) is 1. The molecule has 1 saturated heterocycles. The van der Waals surface area contributed by atoms with Gasteiger partial charge in [0.05, 0.1) is 7.11 Å². The number of halogens is 1. The van der Waals surface area contributed by atoms with E-state index in [1.54, 1.807) is 12.0 Å². The van der Waals surface area contributed by atoms with Crippen LogP contribution < -0.4 is 20.3 Å². The number of hydrogen-bond donors (Lipinski definition) is 2. The van der Waals surface area contributed by atoms with Crippen molar-refractivity contribution in [1.29, 1.82) is 0 Å². The number of nitrogens with one attached hydrogen (secondary N) is 2. The van der Waals surface area contributed by atoms with E-state index in [9.17, 15) is 4.79 Å². The van der Waals surface area contributed by atoms with Crippen LogP contribution in [0.1, 0.15) is 55.3 Å². The number of carbonyl (C=O) groups excluding carboxylic acids is 1. The Morgan fingerprint density at radius 2 is 1.94 bits per heavy atom. The lowest BCUT2D eigenvalue weighted by atomic mass is 9.88. The van der Waals surface area contributed by atoms with Crippen LogP contribution in [0.2, 0.25) is 0 Å². The second-order valence-corrected chi connectivity index (χ2v) is 8.47. The molecule has 2 aliphatic rings. The predicted molar refractivity (Wildman–Crippen MR) is 128 cm³/mol. The van der Waals surface area contributed by atoms with Gasteiger partial charge in [0.25, 0.3) is 0 Å². The Bertz CT molecular complexity index is 890. The SMILES string of the molecule is CCC1CCC(NCc2cc3c(cc2OC)CCC(=O)N3C)C(c2ccccc2)N1.Cl. The van der Waals surface area contributed by atoms with Gasteiger partial charge in [0.15, 0.2) is 0 Å². The van der Waals surface area contributed by atoms with Crippen molar-refractivity contribution in [2.45, 2.75) is 63.7 Å². The Kier molecular flexibility index (Phi) is 7.98. The number of amides is 1. The topological polar surface area (TPSA) is 53.6 Å². The number of anilines is 1. The van der Waals surface area contributed by atoms with Crippen LogP contribution in [-0.4, -0.2) is 32.1 Å². The molecule has 3 atom stereocenters. The van der Waals surface area contributed by atoms with Crippen molar-refractivity contribution < 1.29 is 9.53 Å². The first kappa shape index (κ1) is 23.6. The Labute approximate surface area is 192 Å². The Hall–Kier alpha value is -2.08. The third kappa shape index (κ3) is 5.05. The number of hydrogen-bond acceptors (Lipinski definition) is 4. The number of fused-ring (bicyclic) bond motifs is 1. The van der Waals surface area contributed by atoms with Crippen molar-refractivity contribution in [3.63, 3.8) is 0 Å². The van der Waals surface area contributed by atoms with Crippen molar-refractivity contribution in [3.8, 4) is 5.75 Å². The summed E-state index contributed by atoms with van der Waals surface area (Å²) in [7, 11) is 3.59. The lowest BCUT2D eigenvalue weighted by molar-refractivity contribution is -0.118. The monoisotopic (exact) mass is 443 g/mol. The highest BCUT2D eigenvalue weighted by atomic mass is 35.5. The van der Waals surface area contributed by atoms with Gasteiger partial charge in [-0.25, -0.2) is 0 Å². The zero-order valence-electron chi connectivity index (χ0n) is 18.7. The second-order valence-electron chi connectivity index (χ2n) is 8.47. The van der Waals surface area contributed by atoms with Crippen LogP contribution in [-0.2, 0) is 17.8 Å². The van der Waals surface area contributed by atoms with Gasteiger partial charge in [0, 0.05) is 49.4 Å². The molecule has 1 fully saturated rings. The van der Waals surface area contributed by atoms with Crippen LogP contribution in [0.4, 0.5) is 5.69 Å². The molecule has 2 aromatic rings. The van der Waals surface area contributed by atoms with Gasteiger partial charge in [0.2, 0.25) is 5.91 Å². The van der Waals surface area contributed by atoms with Gasteiger partial charge in [-0.15, -0.1) is 12.4 Å². The summed E-state index contributed by atoms with van der Waals surface area (Å²) in [6.45, 7) is 2.97. The molecule has 0 aromatic heterocycles. The van der Waals surface area contributed by atoms with Crippen molar-refractivity contribution in [2.24, 2.45) is 0 Å². The molecule has 0 bridgehead atoms. The van der Waals surface area contributed by atoms with E-state index in [4.69, 9.17) is 4.74 Å². The zero-order valence-corrected chi connectivity index (χ0v) is 19.5. The number of piperidine rings is 1. The number of benzene rings is 2. The molecule has 2 N–H and O–H groups in total. The first-order chi connectivity index (χ1) is 14.6. The molecule has 4 rings (SSSR count). The lowest BCUT2D eigenvalue weighted by Crippen LogP contribution is -2.49. The molecule has 31 heavy (non-hydrogen) atoms. The van der Waals surface area contributed by atoms with Gasteiger partial charge in [-0.05, 0) is 48.9 Å². The quantitative estimate of drug-likeness (QED) is 0.695. The molecule has 2 aromatic carbocycles. The fourth-order valence-electron chi connectivity index (χ4n) is 4.81. The smallest absolute Gasteiger partial charge is 0.227 e. The number of carbonyl (C=O) groups is 1. The first-order valence-corrected chi connectivity index (χ1v) is 11.1. The van der Waals surface area contributed by atoms with Crippen LogP contribution in [0.15, 0.2) is 42.5 Å². The average Bonchev–Trinajstić information content (AvgIpc) is 2.80. The molecule has 0 aliphatic carbocycles. The normalized spacial score (nSPS) is 23.1. The summed E-state index contributed by atoms with van der Waals surface area (Å²) in [6.07, 6.45) is 4.81. The predicted octanol–water partition coefficient (Wildman–Crippen LogP) is 4.39. The Morgan fingerprint density at radius 1 is 1.16 bits per heavy atom. The second kappa shape index (κ2) is 10.5. The van der Waals surface area contributed by atoms with Crippen molar-refractivity contribution in [2.75, 3.05) is 19.1 Å². The maximum absolute atomic E-state index is 12.2. The molecule has 5 nitrogen and oxygen atoms in total. The highest BCUT2D eigenvalue weighted by Gasteiger charge is 2.30. The molecule has 0 saturated carbocycles. The molecule has 2 heterocycles. The van der Waals surface area contributed by atoms with Gasteiger partial charge in [0.1, 0.15) is 5.75 Å². The molecule has 0 radical (unpaired) electrons. The first-order valence-electron chi connectivity index (χ1n) is 11.1. The Morgan fingerprint density at radius 3 is 2.65 bits per heavy atom. The third-order valence-electron chi connectivity index (χ3n) is 6.68. The maximum atomic E-state index is 12.2. The van der Waals surface area contributed by atoms with E-state index in [1.165, 1.54) is 17.5 Å². The minimum Gasteiger partial charge on any atom is -0.496 e. The van der Waals surface area contributed by atoms with Crippen LogP contribution in [0.25, 0.3) is 0 Å². The third-order valence-corrected chi connectivity index (χ3v) is 6.68. The summed E-state index contributed by atoms with van der Waals surface area (Å²) in [6, 6.07) is 16.2. The fourth-order valence-corrected chi connectivity index (χ4v) is 4.81. The molecule has 6 heteroatoms. The van der Waals surface area contributed by atoms with Crippen LogP contribution in [0, 0.1) is 0 Å². The highest BCUT2D eigenvalue weighted by molar-refractivity contribution is 5.96. The molecule has 3 unspecified atom stereocenters. The van der Waals surface area contributed by atoms with E-state index < -0.39 is 0 Å². The van der Waals surface area contributed by atoms with Gasteiger partial charge < -0.3 is 20.3 Å². The van der Waals surface area contributed by atoms with Crippen LogP contribution in [0.5, 0.6) is 5.75 Å². The van der Waals surface area contributed by atoms with E-state index in [0.717, 1.165) is 36.3 Å². The van der Waals surface area contributed by atoms with E-state index in [0.29, 0.717) is 25.0 Å². The summed E-state index contributed by atoms with van der Waals surface area (Å²) >= 11 is 0. The van der Waals surface area contributed by atoms with Crippen molar-refractivity contribution >= 4 is 24.0 Å². The fraction of sp³-hybridized carbons (Fsp3) is 0.480. The summed E-state index contributed by atoms with van der Waals surface area (Å²) in [5.74, 6) is 1.08. The largest absolute Gasteiger partial charge is 0.496 e.